The highest BCUT2D eigenvalue weighted by molar-refractivity contribution is 5.81. The van der Waals surface area contributed by atoms with Gasteiger partial charge in [0.15, 0.2) is 0 Å². The number of nitrogens with one attached hydrogen (secondary N) is 1. The number of H-pyrrole nitrogens is 1. The first-order chi connectivity index (χ1) is 8.84. The molecule has 1 N–H and O–H groups in total. The Kier molecular flexibility index (Phi) is 2.73. The minimum Gasteiger partial charge on any atom is -0.359 e. The summed E-state index contributed by atoms with van der Waals surface area (Å²) in [6, 6.07) is 23.2. The van der Waals surface area contributed by atoms with Gasteiger partial charge in [-0.15, -0.1) is 0 Å². The third-order valence-electron chi connectivity index (χ3n) is 3.13. The molecule has 0 radical (unpaired) electrons. The maximum Gasteiger partial charge on any atom is 0.0462 e. The fourth-order valence-corrected chi connectivity index (χ4v) is 2.25. The largest absolute Gasteiger partial charge is 0.359 e. The minimum absolute atomic E-state index is 1.17. The molecule has 0 bridgehead atoms. The first-order valence-corrected chi connectivity index (χ1v) is 6.15. The SMILES string of the molecule is Cc1ccc(-c2ccccc2-c2ccccc2)[nH]1. The number of aromatic amines is 1. The summed E-state index contributed by atoms with van der Waals surface area (Å²) >= 11 is 0. The molecule has 0 fully saturated rings. The minimum atomic E-state index is 1.17. The van der Waals surface area contributed by atoms with Crippen molar-refractivity contribution in [1.82, 2.24) is 4.98 Å². The van der Waals surface area contributed by atoms with E-state index in [1.54, 1.807) is 0 Å². The second-order valence-electron chi connectivity index (χ2n) is 4.47. The molecule has 0 atom stereocenters. The first-order valence-electron chi connectivity index (χ1n) is 6.15. The number of hydrogen-bond donors (Lipinski definition) is 1. The van der Waals surface area contributed by atoms with Gasteiger partial charge in [0.25, 0.3) is 0 Å². The number of rotatable bonds is 2. The summed E-state index contributed by atoms with van der Waals surface area (Å²) in [6.07, 6.45) is 0. The summed E-state index contributed by atoms with van der Waals surface area (Å²) in [4.78, 5) is 3.40. The Balaban J connectivity index is 2.17. The molecule has 0 saturated heterocycles. The predicted molar refractivity (Wildman–Crippen MR) is 76.4 cm³/mol. The fourth-order valence-electron chi connectivity index (χ4n) is 2.25. The molecule has 18 heavy (non-hydrogen) atoms. The first kappa shape index (κ1) is 10.8. The van der Waals surface area contributed by atoms with Gasteiger partial charge >= 0.3 is 0 Å². The van der Waals surface area contributed by atoms with Gasteiger partial charge in [-0.25, -0.2) is 0 Å². The monoisotopic (exact) mass is 233 g/mol. The van der Waals surface area contributed by atoms with Crippen LogP contribution in [-0.4, -0.2) is 4.98 Å². The van der Waals surface area contributed by atoms with Crippen molar-refractivity contribution in [1.29, 1.82) is 0 Å². The van der Waals surface area contributed by atoms with E-state index < -0.39 is 0 Å². The number of hydrogen-bond acceptors (Lipinski definition) is 0. The van der Waals surface area contributed by atoms with Crippen molar-refractivity contribution in [2.24, 2.45) is 0 Å². The summed E-state index contributed by atoms with van der Waals surface area (Å²) in [6.45, 7) is 2.08. The highest BCUT2D eigenvalue weighted by Crippen LogP contribution is 2.31. The van der Waals surface area contributed by atoms with Crippen LogP contribution in [0.2, 0.25) is 0 Å². The second kappa shape index (κ2) is 4.53. The Hall–Kier alpha value is -2.28. The Morgan fingerprint density at radius 3 is 2.00 bits per heavy atom. The normalized spacial score (nSPS) is 10.5. The zero-order chi connectivity index (χ0) is 12.4. The Morgan fingerprint density at radius 1 is 0.667 bits per heavy atom. The zero-order valence-corrected chi connectivity index (χ0v) is 10.4. The van der Waals surface area contributed by atoms with Crippen LogP contribution in [0.1, 0.15) is 5.69 Å². The summed E-state index contributed by atoms with van der Waals surface area (Å²) in [5.41, 5.74) is 6.12. The molecule has 1 aromatic heterocycles. The van der Waals surface area contributed by atoms with E-state index in [4.69, 9.17) is 0 Å². The topological polar surface area (TPSA) is 15.8 Å². The summed E-state index contributed by atoms with van der Waals surface area (Å²) < 4.78 is 0. The Bertz CT molecular complexity index is 650. The third-order valence-corrected chi connectivity index (χ3v) is 3.13. The standard InChI is InChI=1S/C17H15N/c1-13-11-12-17(18-13)16-10-6-5-9-15(16)14-7-3-2-4-8-14/h2-12,18H,1H3. The maximum atomic E-state index is 3.40. The van der Waals surface area contributed by atoms with Crippen molar-refractivity contribution < 1.29 is 0 Å². The number of aryl methyl sites for hydroxylation is 1. The van der Waals surface area contributed by atoms with E-state index in [-0.39, 0.29) is 0 Å². The van der Waals surface area contributed by atoms with E-state index in [2.05, 4.69) is 72.6 Å². The van der Waals surface area contributed by atoms with Gasteiger partial charge in [0.2, 0.25) is 0 Å². The Morgan fingerprint density at radius 2 is 1.33 bits per heavy atom. The van der Waals surface area contributed by atoms with E-state index in [1.807, 2.05) is 6.07 Å². The molecule has 0 amide bonds. The van der Waals surface area contributed by atoms with Crippen LogP contribution in [0.15, 0.2) is 66.7 Å². The van der Waals surface area contributed by atoms with Crippen molar-refractivity contribution in [2.45, 2.75) is 6.92 Å². The van der Waals surface area contributed by atoms with Crippen molar-refractivity contribution in [3.63, 3.8) is 0 Å². The zero-order valence-electron chi connectivity index (χ0n) is 10.4. The molecule has 0 aliphatic carbocycles. The summed E-state index contributed by atoms with van der Waals surface area (Å²) in [5, 5.41) is 0. The summed E-state index contributed by atoms with van der Waals surface area (Å²) in [5.74, 6) is 0. The van der Waals surface area contributed by atoms with Crippen molar-refractivity contribution in [3.8, 4) is 22.4 Å². The molecule has 0 aliphatic heterocycles. The maximum absolute atomic E-state index is 3.40. The molecule has 3 rings (SSSR count). The molecule has 88 valence electrons. The predicted octanol–water partition coefficient (Wildman–Crippen LogP) is 4.66. The van der Waals surface area contributed by atoms with Gasteiger partial charge in [0, 0.05) is 17.0 Å². The second-order valence-corrected chi connectivity index (χ2v) is 4.47. The molecular formula is C17H15N. The van der Waals surface area contributed by atoms with Crippen LogP contribution < -0.4 is 0 Å². The van der Waals surface area contributed by atoms with Crippen LogP contribution in [0.4, 0.5) is 0 Å². The molecule has 0 spiro atoms. The lowest BCUT2D eigenvalue weighted by Crippen LogP contribution is -1.84. The molecule has 0 unspecified atom stereocenters. The van der Waals surface area contributed by atoms with E-state index in [9.17, 15) is 0 Å². The van der Waals surface area contributed by atoms with Crippen molar-refractivity contribution in [2.75, 3.05) is 0 Å². The van der Waals surface area contributed by atoms with Gasteiger partial charge in [0.05, 0.1) is 0 Å². The van der Waals surface area contributed by atoms with Crippen LogP contribution in [-0.2, 0) is 0 Å². The van der Waals surface area contributed by atoms with Gasteiger partial charge in [-0.1, -0.05) is 54.6 Å². The Labute approximate surface area is 107 Å². The smallest absolute Gasteiger partial charge is 0.0462 e. The van der Waals surface area contributed by atoms with E-state index >= 15 is 0 Å². The molecule has 0 aliphatic rings. The van der Waals surface area contributed by atoms with Crippen LogP contribution in [0.3, 0.4) is 0 Å². The lowest BCUT2D eigenvalue weighted by molar-refractivity contribution is 1.27. The lowest BCUT2D eigenvalue weighted by atomic mass is 9.98. The van der Waals surface area contributed by atoms with E-state index in [1.165, 1.54) is 28.1 Å². The van der Waals surface area contributed by atoms with Gasteiger partial charge in [-0.05, 0) is 30.2 Å². The number of aromatic nitrogens is 1. The summed E-state index contributed by atoms with van der Waals surface area (Å²) in [7, 11) is 0. The van der Waals surface area contributed by atoms with Crippen molar-refractivity contribution in [3.05, 3.63) is 72.4 Å². The number of benzene rings is 2. The van der Waals surface area contributed by atoms with Gasteiger partial charge < -0.3 is 4.98 Å². The third kappa shape index (κ3) is 1.95. The molecule has 0 saturated carbocycles. The van der Waals surface area contributed by atoms with Crippen molar-refractivity contribution >= 4 is 0 Å². The molecule has 2 aromatic carbocycles. The highest BCUT2D eigenvalue weighted by atomic mass is 14.7. The van der Waals surface area contributed by atoms with Crippen LogP contribution >= 0.6 is 0 Å². The molecule has 1 nitrogen and oxygen atoms in total. The lowest BCUT2D eigenvalue weighted by Gasteiger charge is -2.08. The van der Waals surface area contributed by atoms with Gasteiger partial charge in [-0.3, -0.25) is 0 Å². The van der Waals surface area contributed by atoms with E-state index in [0.29, 0.717) is 0 Å². The van der Waals surface area contributed by atoms with Gasteiger partial charge in [0.1, 0.15) is 0 Å². The molecule has 3 aromatic rings. The van der Waals surface area contributed by atoms with Gasteiger partial charge in [-0.2, -0.15) is 0 Å². The highest BCUT2D eigenvalue weighted by Gasteiger charge is 2.07. The average Bonchev–Trinajstić information content (AvgIpc) is 2.86. The molecule has 1 heterocycles. The molecule has 1 heteroatoms. The average molecular weight is 233 g/mol. The van der Waals surface area contributed by atoms with E-state index in [0.717, 1.165) is 0 Å². The fraction of sp³-hybridized carbons (Fsp3) is 0.0588. The quantitative estimate of drug-likeness (QED) is 0.662. The van der Waals surface area contributed by atoms with Crippen LogP contribution in [0.25, 0.3) is 22.4 Å². The molecular weight excluding hydrogens is 218 g/mol. The van der Waals surface area contributed by atoms with Crippen LogP contribution in [0.5, 0.6) is 0 Å². The van der Waals surface area contributed by atoms with Crippen LogP contribution in [0, 0.1) is 6.92 Å².